The van der Waals surface area contributed by atoms with Crippen LogP contribution in [-0.4, -0.2) is 31.3 Å². The average molecular weight is 241 g/mol. The van der Waals surface area contributed by atoms with Gasteiger partial charge in [0, 0.05) is 6.54 Å². The predicted molar refractivity (Wildman–Crippen MR) is 56.6 cm³/mol. The number of carbonyl (C=O) groups excluding carboxylic acids is 2. The summed E-state index contributed by atoms with van der Waals surface area (Å²) in [6, 6.07) is -0.978. The van der Waals surface area contributed by atoms with Crippen molar-refractivity contribution in [2.24, 2.45) is 11.5 Å². The molecule has 4 N–H and O–H groups in total. The van der Waals surface area contributed by atoms with Crippen molar-refractivity contribution in [3.05, 3.63) is 0 Å². The Labute approximate surface area is 94.7 Å². The van der Waals surface area contributed by atoms with Crippen molar-refractivity contribution in [1.82, 2.24) is 0 Å². The topological polar surface area (TPSA) is 105 Å². The smallest absolute Gasteiger partial charge is 0.434 e. The number of hydrogen-bond donors (Lipinski definition) is 2. The van der Waals surface area contributed by atoms with Gasteiger partial charge in [-0.05, 0) is 6.42 Å². The Bertz CT molecular complexity index is 201. The summed E-state index contributed by atoms with van der Waals surface area (Å²) in [6.45, 7) is 2.12. The third-order valence-corrected chi connectivity index (χ3v) is 1.46. The Morgan fingerprint density at radius 3 is 2.47 bits per heavy atom. The quantitative estimate of drug-likeness (QED) is 0.403. The van der Waals surface area contributed by atoms with Crippen LogP contribution in [0.4, 0.5) is 4.79 Å². The fraction of sp³-hybridized carbons (Fsp3) is 0.750. The van der Waals surface area contributed by atoms with Gasteiger partial charge in [0.05, 0.1) is 6.61 Å². The van der Waals surface area contributed by atoms with E-state index in [1.807, 2.05) is 6.92 Å². The Morgan fingerprint density at radius 1 is 1.40 bits per heavy atom. The molecule has 0 aromatic heterocycles. The lowest BCUT2D eigenvalue weighted by atomic mass is 10.3. The summed E-state index contributed by atoms with van der Waals surface area (Å²) in [4.78, 5) is 21.7. The first-order valence-corrected chi connectivity index (χ1v) is 4.45. The fourth-order valence-corrected chi connectivity index (χ4v) is 0.583. The number of unbranched alkanes of at least 4 members (excludes halogenated alkanes) is 1. The minimum absolute atomic E-state index is 0. The van der Waals surface area contributed by atoms with E-state index in [9.17, 15) is 9.59 Å². The van der Waals surface area contributed by atoms with Gasteiger partial charge >= 0.3 is 12.1 Å². The second-order valence-electron chi connectivity index (χ2n) is 2.72. The van der Waals surface area contributed by atoms with Gasteiger partial charge in [0.1, 0.15) is 6.04 Å². The predicted octanol–water partition coefficient (Wildman–Crippen LogP) is 0.174. The van der Waals surface area contributed by atoms with Gasteiger partial charge in [-0.1, -0.05) is 13.3 Å². The van der Waals surface area contributed by atoms with Crippen LogP contribution in [0.2, 0.25) is 0 Å². The van der Waals surface area contributed by atoms with Gasteiger partial charge in [-0.25, -0.2) is 9.59 Å². The van der Waals surface area contributed by atoms with Gasteiger partial charge in [-0.15, -0.1) is 12.4 Å². The van der Waals surface area contributed by atoms with Gasteiger partial charge < -0.3 is 20.9 Å². The van der Waals surface area contributed by atoms with E-state index in [-0.39, 0.29) is 25.6 Å². The number of rotatable bonds is 5. The molecule has 6 nitrogen and oxygen atoms in total. The summed E-state index contributed by atoms with van der Waals surface area (Å²) in [5.41, 5.74) is 10.3. The summed E-state index contributed by atoms with van der Waals surface area (Å²) in [5, 5.41) is 0. The van der Waals surface area contributed by atoms with Gasteiger partial charge in [-0.3, -0.25) is 0 Å². The molecule has 0 saturated heterocycles. The van der Waals surface area contributed by atoms with Crippen molar-refractivity contribution in [2.75, 3.05) is 13.2 Å². The standard InChI is InChI=1S/C8H16N2O4.ClH/c1-2-3-4-13-8(12)14-7(11)6(10)5-9;/h6H,2-5,9-10H2,1H3;1H/t6-;/m0./s1. The van der Waals surface area contributed by atoms with E-state index in [0.29, 0.717) is 0 Å². The zero-order chi connectivity index (χ0) is 11.0. The summed E-state index contributed by atoms with van der Waals surface area (Å²) < 4.78 is 8.81. The molecule has 0 unspecified atom stereocenters. The Hall–Kier alpha value is -0.850. The Balaban J connectivity index is 0. The van der Waals surface area contributed by atoms with Crippen LogP contribution >= 0.6 is 12.4 Å². The van der Waals surface area contributed by atoms with E-state index in [1.54, 1.807) is 0 Å². The third kappa shape index (κ3) is 8.17. The van der Waals surface area contributed by atoms with Crippen LogP contribution in [0.15, 0.2) is 0 Å². The lowest BCUT2D eigenvalue weighted by molar-refractivity contribution is -0.141. The third-order valence-electron chi connectivity index (χ3n) is 1.46. The Morgan fingerprint density at radius 2 is 2.00 bits per heavy atom. The lowest BCUT2D eigenvalue weighted by Crippen LogP contribution is -2.40. The largest absolute Gasteiger partial charge is 0.516 e. The number of carbonyl (C=O) groups is 2. The van der Waals surface area contributed by atoms with Crippen LogP contribution in [0.25, 0.3) is 0 Å². The fourth-order valence-electron chi connectivity index (χ4n) is 0.583. The van der Waals surface area contributed by atoms with Gasteiger partial charge in [-0.2, -0.15) is 0 Å². The highest BCUT2D eigenvalue weighted by Gasteiger charge is 2.17. The number of hydrogen-bond acceptors (Lipinski definition) is 6. The van der Waals surface area contributed by atoms with Crippen LogP contribution in [0, 0.1) is 0 Å². The van der Waals surface area contributed by atoms with Crippen LogP contribution in [0.1, 0.15) is 19.8 Å². The molecule has 0 rings (SSSR count). The molecule has 0 aliphatic heterocycles. The highest BCUT2D eigenvalue weighted by atomic mass is 35.5. The van der Waals surface area contributed by atoms with E-state index < -0.39 is 18.2 Å². The zero-order valence-electron chi connectivity index (χ0n) is 8.60. The molecular weight excluding hydrogens is 224 g/mol. The van der Waals surface area contributed by atoms with E-state index in [0.717, 1.165) is 12.8 Å². The van der Waals surface area contributed by atoms with Crippen LogP contribution < -0.4 is 11.5 Å². The van der Waals surface area contributed by atoms with E-state index >= 15 is 0 Å². The van der Waals surface area contributed by atoms with E-state index in [1.165, 1.54) is 0 Å². The molecule has 0 bridgehead atoms. The molecule has 1 atom stereocenters. The summed E-state index contributed by atoms with van der Waals surface area (Å²) in [5.74, 6) is -0.867. The van der Waals surface area contributed by atoms with Crippen LogP contribution in [0.5, 0.6) is 0 Å². The van der Waals surface area contributed by atoms with Crippen molar-refractivity contribution in [3.8, 4) is 0 Å². The minimum Gasteiger partial charge on any atom is -0.434 e. The first-order valence-electron chi connectivity index (χ1n) is 4.45. The van der Waals surface area contributed by atoms with E-state index in [4.69, 9.17) is 11.5 Å². The molecule has 90 valence electrons. The maximum atomic E-state index is 10.9. The van der Waals surface area contributed by atoms with Crippen LogP contribution in [0.3, 0.4) is 0 Å². The summed E-state index contributed by atoms with van der Waals surface area (Å²) >= 11 is 0. The number of nitrogens with two attached hydrogens (primary N) is 2. The first-order chi connectivity index (χ1) is 6.61. The van der Waals surface area contributed by atoms with Gasteiger partial charge in [0.25, 0.3) is 0 Å². The number of halogens is 1. The molecular formula is C8H17ClN2O4. The normalized spacial score (nSPS) is 11.1. The minimum atomic E-state index is -1.02. The molecule has 7 heteroatoms. The monoisotopic (exact) mass is 240 g/mol. The van der Waals surface area contributed by atoms with Crippen molar-refractivity contribution in [2.45, 2.75) is 25.8 Å². The van der Waals surface area contributed by atoms with Gasteiger partial charge in [0.2, 0.25) is 0 Å². The molecule has 0 spiro atoms. The second-order valence-corrected chi connectivity index (χ2v) is 2.72. The number of ether oxygens (including phenoxy) is 2. The molecule has 0 aromatic carbocycles. The summed E-state index contributed by atoms with van der Waals surface area (Å²) in [6.07, 6.45) is 0.600. The zero-order valence-corrected chi connectivity index (χ0v) is 9.42. The highest BCUT2D eigenvalue weighted by molar-refractivity contribution is 5.85. The maximum Gasteiger partial charge on any atom is 0.516 e. The molecule has 0 aliphatic carbocycles. The average Bonchev–Trinajstić information content (AvgIpc) is 2.16. The van der Waals surface area contributed by atoms with Crippen molar-refractivity contribution < 1.29 is 19.1 Å². The van der Waals surface area contributed by atoms with Gasteiger partial charge in [0.15, 0.2) is 0 Å². The molecule has 0 aromatic rings. The first kappa shape index (κ1) is 16.6. The molecule has 0 saturated carbocycles. The highest BCUT2D eigenvalue weighted by Crippen LogP contribution is 1.93. The molecule has 15 heavy (non-hydrogen) atoms. The SMILES string of the molecule is CCCCOC(=O)OC(=O)[C@@H](N)CN.Cl. The van der Waals surface area contributed by atoms with Crippen molar-refractivity contribution >= 4 is 24.5 Å². The van der Waals surface area contributed by atoms with Crippen molar-refractivity contribution in [1.29, 1.82) is 0 Å². The van der Waals surface area contributed by atoms with Crippen molar-refractivity contribution in [3.63, 3.8) is 0 Å². The Kier molecular flexibility index (Phi) is 10.7. The lowest BCUT2D eigenvalue weighted by Gasteiger charge is -2.07. The molecule has 0 fully saturated rings. The molecule has 0 radical (unpaired) electrons. The number of esters is 1. The maximum absolute atomic E-state index is 10.9. The second kappa shape index (κ2) is 9.70. The van der Waals surface area contributed by atoms with E-state index in [2.05, 4.69) is 9.47 Å². The summed E-state index contributed by atoms with van der Waals surface area (Å²) in [7, 11) is 0. The van der Waals surface area contributed by atoms with Crippen LogP contribution in [-0.2, 0) is 14.3 Å². The molecule has 0 aliphatic rings. The molecule has 0 amide bonds. The molecule has 0 heterocycles.